The van der Waals surface area contributed by atoms with Crippen molar-refractivity contribution in [2.45, 2.75) is 19.9 Å². The minimum absolute atomic E-state index is 0.0950. The van der Waals surface area contributed by atoms with Gasteiger partial charge in [0.2, 0.25) is 5.88 Å². The number of nitrogens with zero attached hydrogens (tertiary/aromatic N) is 2. The van der Waals surface area contributed by atoms with E-state index < -0.39 is 0 Å². The number of aromatic nitrogens is 2. The number of halogens is 1. The summed E-state index contributed by atoms with van der Waals surface area (Å²) in [5.74, 6) is 0.526. The van der Waals surface area contributed by atoms with E-state index in [4.69, 9.17) is 16.3 Å². The van der Waals surface area contributed by atoms with Crippen molar-refractivity contribution in [3.8, 4) is 5.88 Å². The van der Waals surface area contributed by atoms with Crippen molar-refractivity contribution in [2.75, 3.05) is 13.7 Å². The van der Waals surface area contributed by atoms with Crippen LogP contribution < -0.4 is 10.1 Å². The highest BCUT2D eigenvalue weighted by Crippen LogP contribution is 2.31. The van der Waals surface area contributed by atoms with Gasteiger partial charge < -0.3 is 10.1 Å². The SMILES string of the molecule is CCNC(c1cccc(Cl)c1C)c1nccnc1OC. The van der Waals surface area contributed by atoms with Gasteiger partial charge in [0, 0.05) is 17.4 Å². The van der Waals surface area contributed by atoms with E-state index in [0.717, 1.165) is 28.4 Å². The Morgan fingerprint density at radius 2 is 2.05 bits per heavy atom. The lowest BCUT2D eigenvalue weighted by molar-refractivity contribution is 0.383. The van der Waals surface area contributed by atoms with Gasteiger partial charge >= 0.3 is 0 Å². The Kier molecular flexibility index (Phi) is 4.93. The second-order valence-corrected chi connectivity index (χ2v) is 4.80. The highest BCUT2D eigenvalue weighted by Gasteiger charge is 2.21. The molecule has 0 aliphatic rings. The van der Waals surface area contributed by atoms with E-state index in [9.17, 15) is 0 Å². The molecule has 1 heterocycles. The molecule has 1 aromatic heterocycles. The Morgan fingerprint density at radius 1 is 1.30 bits per heavy atom. The van der Waals surface area contributed by atoms with Crippen molar-refractivity contribution < 1.29 is 4.74 Å². The minimum atomic E-state index is -0.0950. The summed E-state index contributed by atoms with van der Waals surface area (Å²) >= 11 is 6.22. The smallest absolute Gasteiger partial charge is 0.237 e. The first kappa shape index (κ1) is 14.8. The molecule has 0 aliphatic heterocycles. The third kappa shape index (κ3) is 2.92. The highest BCUT2D eigenvalue weighted by atomic mass is 35.5. The van der Waals surface area contributed by atoms with E-state index in [1.54, 1.807) is 19.5 Å². The zero-order valence-corrected chi connectivity index (χ0v) is 12.6. The molecular weight excluding hydrogens is 274 g/mol. The maximum Gasteiger partial charge on any atom is 0.237 e. The van der Waals surface area contributed by atoms with Crippen LogP contribution in [-0.4, -0.2) is 23.6 Å². The second kappa shape index (κ2) is 6.68. The number of hydrogen-bond donors (Lipinski definition) is 1. The number of nitrogens with one attached hydrogen (secondary N) is 1. The van der Waals surface area contributed by atoms with Crippen LogP contribution >= 0.6 is 11.6 Å². The number of ether oxygens (including phenoxy) is 1. The van der Waals surface area contributed by atoms with Crippen LogP contribution in [0.25, 0.3) is 0 Å². The molecule has 0 radical (unpaired) electrons. The first-order valence-corrected chi connectivity index (χ1v) is 6.90. The largest absolute Gasteiger partial charge is 0.480 e. The molecule has 0 aliphatic carbocycles. The normalized spacial score (nSPS) is 12.2. The van der Waals surface area contributed by atoms with Crippen LogP contribution in [0.2, 0.25) is 5.02 Å². The summed E-state index contributed by atoms with van der Waals surface area (Å²) < 4.78 is 5.32. The van der Waals surface area contributed by atoms with Gasteiger partial charge in [-0.1, -0.05) is 30.7 Å². The fraction of sp³-hybridized carbons (Fsp3) is 0.333. The molecule has 0 spiro atoms. The quantitative estimate of drug-likeness (QED) is 0.919. The van der Waals surface area contributed by atoms with Crippen molar-refractivity contribution in [1.82, 2.24) is 15.3 Å². The Morgan fingerprint density at radius 3 is 2.75 bits per heavy atom. The van der Waals surface area contributed by atoms with Crippen LogP contribution in [0.3, 0.4) is 0 Å². The highest BCUT2D eigenvalue weighted by molar-refractivity contribution is 6.31. The van der Waals surface area contributed by atoms with Crippen LogP contribution in [0.4, 0.5) is 0 Å². The molecule has 4 nitrogen and oxygen atoms in total. The molecule has 1 unspecified atom stereocenters. The first-order valence-electron chi connectivity index (χ1n) is 6.52. The molecule has 1 aromatic carbocycles. The van der Waals surface area contributed by atoms with Gasteiger partial charge in [-0.25, -0.2) is 4.98 Å². The summed E-state index contributed by atoms with van der Waals surface area (Å²) in [6.45, 7) is 4.86. The Hall–Kier alpha value is -1.65. The fourth-order valence-corrected chi connectivity index (χ4v) is 2.37. The van der Waals surface area contributed by atoms with E-state index >= 15 is 0 Å². The Balaban J connectivity index is 2.53. The molecule has 2 aromatic rings. The predicted octanol–water partition coefficient (Wildman–Crippen LogP) is 3.15. The fourth-order valence-electron chi connectivity index (χ4n) is 2.19. The molecule has 1 atom stereocenters. The second-order valence-electron chi connectivity index (χ2n) is 4.40. The van der Waals surface area contributed by atoms with Crippen LogP contribution in [0.1, 0.15) is 29.8 Å². The average Bonchev–Trinajstić information content (AvgIpc) is 2.48. The van der Waals surface area contributed by atoms with E-state index in [1.807, 2.05) is 25.1 Å². The molecule has 0 saturated heterocycles. The molecule has 2 rings (SSSR count). The molecule has 106 valence electrons. The maximum absolute atomic E-state index is 6.22. The van der Waals surface area contributed by atoms with Crippen molar-refractivity contribution in [2.24, 2.45) is 0 Å². The number of benzene rings is 1. The van der Waals surface area contributed by atoms with Crippen LogP contribution in [-0.2, 0) is 0 Å². The number of hydrogen-bond acceptors (Lipinski definition) is 4. The Bertz CT molecular complexity index is 589. The summed E-state index contributed by atoms with van der Waals surface area (Å²) in [6.07, 6.45) is 3.29. The summed E-state index contributed by atoms with van der Waals surface area (Å²) in [5.41, 5.74) is 2.88. The van der Waals surface area contributed by atoms with Crippen molar-refractivity contribution >= 4 is 11.6 Å². The molecule has 5 heteroatoms. The van der Waals surface area contributed by atoms with Crippen molar-refractivity contribution in [3.05, 3.63) is 52.4 Å². The van der Waals surface area contributed by atoms with Crippen LogP contribution in [0, 0.1) is 6.92 Å². The standard InChI is InChI=1S/C15H18ClN3O/c1-4-17-13(11-6-5-7-12(16)10(11)2)14-15(20-3)19-9-8-18-14/h5-9,13,17H,4H2,1-3H3. The van der Waals surface area contributed by atoms with Gasteiger partial charge in [-0.2, -0.15) is 0 Å². The molecule has 1 N–H and O–H groups in total. The first-order chi connectivity index (χ1) is 9.69. The zero-order chi connectivity index (χ0) is 14.5. The summed E-state index contributed by atoms with van der Waals surface area (Å²) in [5, 5.41) is 4.16. The van der Waals surface area contributed by atoms with Gasteiger partial charge in [0.15, 0.2) is 0 Å². The van der Waals surface area contributed by atoms with Crippen molar-refractivity contribution in [1.29, 1.82) is 0 Å². The number of methoxy groups -OCH3 is 1. The van der Waals surface area contributed by atoms with E-state index in [1.165, 1.54) is 0 Å². The third-order valence-corrected chi connectivity index (χ3v) is 3.60. The average molecular weight is 292 g/mol. The van der Waals surface area contributed by atoms with Gasteiger partial charge in [0.05, 0.1) is 13.2 Å². The van der Waals surface area contributed by atoms with Gasteiger partial charge in [0.1, 0.15) is 5.69 Å². The summed E-state index contributed by atoms with van der Waals surface area (Å²) in [6, 6.07) is 5.78. The summed E-state index contributed by atoms with van der Waals surface area (Å²) in [7, 11) is 1.60. The molecule has 0 bridgehead atoms. The van der Waals surface area contributed by atoms with Crippen LogP contribution in [0.15, 0.2) is 30.6 Å². The summed E-state index contributed by atoms with van der Waals surface area (Å²) in [4.78, 5) is 8.64. The molecule has 0 saturated carbocycles. The predicted molar refractivity (Wildman–Crippen MR) is 80.3 cm³/mol. The topological polar surface area (TPSA) is 47.0 Å². The van der Waals surface area contributed by atoms with E-state index in [-0.39, 0.29) is 6.04 Å². The van der Waals surface area contributed by atoms with Gasteiger partial charge in [-0.15, -0.1) is 0 Å². The molecular formula is C15H18ClN3O. The third-order valence-electron chi connectivity index (χ3n) is 3.19. The van der Waals surface area contributed by atoms with E-state index in [2.05, 4.69) is 22.2 Å². The minimum Gasteiger partial charge on any atom is -0.480 e. The van der Waals surface area contributed by atoms with Gasteiger partial charge in [-0.05, 0) is 30.7 Å². The van der Waals surface area contributed by atoms with Crippen molar-refractivity contribution in [3.63, 3.8) is 0 Å². The monoisotopic (exact) mass is 291 g/mol. The Labute approximate surface area is 124 Å². The van der Waals surface area contributed by atoms with Gasteiger partial charge in [-0.3, -0.25) is 4.98 Å². The lowest BCUT2D eigenvalue weighted by Gasteiger charge is -2.21. The number of rotatable bonds is 5. The lowest BCUT2D eigenvalue weighted by atomic mass is 9.98. The zero-order valence-electron chi connectivity index (χ0n) is 11.9. The van der Waals surface area contributed by atoms with E-state index in [0.29, 0.717) is 5.88 Å². The molecule has 20 heavy (non-hydrogen) atoms. The van der Waals surface area contributed by atoms with Gasteiger partial charge in [0.25, 0.3) is 0 Å². The molecule has 0 amide bonds. The lowest BCUT2D eigenvalue weighted by Crippen LogP contribution is -2.24. The van der Waals surface area contributed by atoms with Crippen LogP contribution in [0.5, 0.6) is 5.88 Å². The maximum atomic E-state index is 6.22. The molecule has 0 fully saturated rings.